The summed E-state index contributed by atoms with van der Waals surface area (Å²) in [6, 6.07) is 1.42. The van der Waals surface area contributed by atoms with Gasteiger partial charge in [-0.15, -0.1) is 11.3 Å². The molecular formula is C15H21F2NO3S. The van der Waals surface area contributed by atoms with E-state index in [0.29, 0.717) is 0 Å². The summed E-state index contributed by atoms with van der Waals surface area (Å²) >= 11 is 1.15. The second-order valence-corrected chi connectivity index (χ2v) is 6.77. The first kappa shape index (κ1) is 17.1. The number of amides is 1. The van der Waals surface area contributed by atoms with E-state index >= 15 is 0 Å². The first-order valence-corrected chi connectivity index (χ1v) is 8.25. The van der Waals surface area contributed by atoms with Gasteiger partial charge >= 0.3 is 6.61 Å². The zero-order valence-corrected chi connectivity index (χ0v) is 13.6. The topological polar surface area (TPSA) is 47.6 Å². The molecule has 1 amide bonds. The molecule has 1 aliphatic rings. The first-order chi connectivity index (χ1) is 10.5. The molecule has 1 saturated heterocycles. The quantitative estimate of drug-likeness (QED) is 0.827. The van der Waals surface area contributed by atoms with E-state index in [1.807, 2.05) is 6.92 Å². The van der Waals surface area contributed by atoms with E-state index in [4.69, 9.17) is 4.74 Å². The van der Waals surface area contributed by atoms with Crippen molar-refractivity contribution in [2.45, 2.75) is 58.3 Å². The molecule has 7 heteroatoms. The van der Waals surface area contributed by atoms with E-state index in [0.717, 1.165) is 48.5 Å². The Balaban J connectivity index is 1.87. The average molecular weight is 333 g/mol. The number of alkyl halides is 2. The van der Waals surface area contributed by atoms with Gasteiger partial charge in [0.1, 0.15) is 10.6 Å². The normalized spacial score (nSPS) is 19.4. The Hall–Kier alpha value is -1.21. The summed E-state index contributed by atoms with van der Waals surface area (Å²) in [5.74, 6) is -0.421. The van der Waals surface area contributed by atoms with Crippen LogP contribution in [0.3, 0.4) is 0 Å². The second kappa shape index (κ2) is 7.87. The van der Waals surface area contributed by atoms with Gasteiger partial charge < -0.3 is 14.8 Å². The molecule has 2 heterocycles. The minimum Gasteiger partial charge on any atom is -0.433 e. The van der Waals surface area contributed by atoms with Crippen molar-refractivity contribution in [3.05, 3.63) is 15.8 Å². The molecule has 0 spiro atoms. The summed E-state index contributed by atoms with van der Waals surface area (Å²) < 4.78 is 34.7. The molecule has 22 heavy (non-hydrogen) atoms. The van der Waals surface area contributed by atoms with Crippen LogP contribution in [0.25, 0.3) is 0 Å². The summed E-state index contributed by atoms with van der Waals surface area (Å²) in [4.78, 5) is 13.2. The lowest BCUT2D eigenvalue weighted by molar-refractivity contribution is -0.0498. The Morgan fingerprint density at radius 1 is 1.59 bits per heavy atom. The Morgan fingerprint density at radius 3 is 3.00 bits per heavy atom. The third-order valence-corrected chi connectivity index (χ3v) is 4.60. The number of halogens is 2. The van der Waals surface area contributed by atoms with E-state index < -0.39 is 6.61 Å². The van der Waals surface area contributed by atoms with Gasteiger partial charge in [-0.1, -0.05) is 0 Å². The molecule has 1 aliphatic heterocycles. The third kappa shape index (κ3) is 4.91. The molecule has 0 saturated carbocycles. The van der Waals surface area contributed by atoms with Crippen LogP contribution in [0.4, 0.5) is 8.78 Å². The number of nitrogens with one attached hydrogen (secondary N) is 1. The molecule has 0 radical (unpaired) electrons. The predicted molar refractivity (Wildman–Crippen MR) is 80.8 cm³/mol. The molecule has 0 aromatic carbocycles. The maximum atomic E-state index is 12.4. The number of hydrogen-bond donors (Lipinski definition) is 1. The highest BCUT2D eigenvalue weighted by molar-refractivity contribution is 7.14. The van der Waals surface area contributed by atoms with E-state index in [1.165, 1.54) is 6.07 Å². The Labute approximate surface area is 132 Å². The molecule has 124 valence electrons. The molecular weight excluding hydrogens is 312 g/mol. The standard InChI is InChI=1S/C15H21F2NO3S/c1-9(5-6-11-4-3-7-20-11)18-14(19)13-12(21-15(16)17)8-10(2)22-13/h8-9,11,15H,3-7H2,1-2H3,(H,18,19)/t9-,11+/m0/s1. The zero-order valence-electron chi connectivity index (χ0n) is 12.7. The summed E-state index contributed by atoms with van der Waals surface area (Å²) in [7, 11) is 0. The van der Waals surface area contributed by atoms with Crippen molar-refractivity contribution in [1.29, 1.82) is 0 Å². The van der Waals surface area contributed by atoms with Gasteiger partial charge in [0.2, 0.25) is 0 Å². The third-order valence-electron chi connectivity index (χ3n) is 3.57. The van der Waals surface area contributed by atoms with Gasteiger partial charge in [0.25, 0.3) is 5.91 Å². The van der Waals surface area contributed by atoms with Crippen LogP contribution in [0.5, 0.6) is 5.75 Å². The zero-order chi connectivity index (χ0) is 16.1. The van der Waals surface area contributed by atoms with E-state index in [9.17, 15) is 13.6 Å². The van der Waals surface area contributed by atoms with E-state index in [1.54, 1.807) is 6.92 Å². The van der Waals surface area contributed by atoms with Gasteiger partial charge in [-0.2, -0.15) is 8.78 Å². The van der Waals surface area contributed by atoms with Crippen LogP contribution < -0.4 is 10.1 Å². The Bertz CT molecular complexity index is 501. The molecule has 1 N–H and O–H groups in total. The largest absolute Gasteiger partial charge is 0.433 e. The number of carbonyl (C=O) groups excluding carboxylic acids is 1. The number of thiophene rings is 1. The van der Waals surface area contributed by atoms with Crippen LogP contribution in [-0.2, 0) is 4.74 Å². The van der Waals surface area contributed by atoms with Crippen molar-refractivity contribution in [2.75, 3.05) is 6.61 Å². The van der Waals surface area contributed by atoms with E-state index in [2.05, 4.69) is 10.1 Å². The fraction of sp³-hybridized carbons (Fsp3) is 0.667. The molecule has 1 aromatic heterocycles. The highest BCUT2D eigenvalue weighted by Crippen LogP contribution is 2.30. The second-order valence-electron chi connectivity index (χ2n) is 5.52. The van der Waals surface area contributed by atoms with Crippen molar-refractivity contribution >= 4 is 17.2 Å². The van der Waals surface area contributed by atoms with Crippen molar-refractivity contribution in [3.8, 4) is 5.75 Å². The molecule has 2 atom stereocenters. The lowest BCUT2D eigenvalue weighted by Gasteiger charge is -2.16. The number of rotatable bonds is 7. The Morgan fingerprint density at radius 2 is 2.36 bits per heavy atom. The highest BCUT2D eigenvalue weighted by Gasteiger charge is 2.21. The minimum absolute atomic E-state index is 0.0430. The molecule has 1 fully saturated rings. The van der Waals surface area contributed by atoms with Crippen molar-refractivity contribution in [3.63, 3.8) is 0 Å². The fourth-order valence-electron chi connectivity index (χ4n) is 2.50. The molecule has 0 bridgehead atoms. The van der Waals surface area contributed by atoms with Crippen molar-refractivity contribution < 1.29 is 23.0 Å². The average Bonchev–Trinajstić information content (AvgIpc) is 3.05. The lowest BCUT2D eigenvalue weighted by atomic mass is 10.1. The lowest BCUT2D eigenvalue weighted by Crippen LogP contribution is -2.33. The SMILES string of the molecule is Cc1cc(OC(F)F)c(C(=O)N[C@@H](C)CC[C@H]2CCCO2)s1. The summed E-state index contributed by atoms with van der Waals surface area (Å²) in [5, 5.41) is 2.84. The van der Waals surface area contributed by atoms with Crippen molar-refractivity contribution in [1.82, 2.24) is 5.32 Å². The maximum absolute atomic E-state index is 12.4. The molecule has 0 unspecified atom stereocenters. The predicted octanol–water partition coefficient (Wildman–Crippen LogP) is 3.74. The van der Waals surface area contributed by atoms with Gasteiger partial charge in [0, 0.05) is 17.5 Å². The van der Waals surface area contributed by atoms with Gasteiger partial charge in [-0.25, -0.2) is 0 Å². The van der Waals surface area contributed by atoms with Gasteiger partial charge in [-0.3, -0.25) is 4.79 Å². The number of carbonyl (C=O) groups is 1. The molecule has 0 aliphatic carbocycles. The van der Waals surface area contributed by atoms with Gasteiger partial charge in [0.05, 0.1) is 6.10 Å². The highest BCUT2D eigenvalue weighted by atomic mass is 32.1. The molecule has 2 rings (SSSR count). The smallest absolute Gasteiger partial charge is 0.387 e. The number of aryl methyl sites for hydroxylation is 1. The van der Waals surface area contributed by atoms with E-state index in [-0.39, 0.29) is 28.7 Å². The first-order valence-electron chi connectivity index (χ1n) is 7.43. The van der Waals surface area contributed by atoms with Crippen LogP contribution in [-0.4, -0.2) is 31.3 Å². The van der Waals surface area contributed by atoms with Crippen LogP contribution in [0, 0.1) is 6.92 Å². The van der Waals surface area contributed by atoms with Gasteiger partial charge in [0.15, 0.2) is 0 Å². The van der Waals surface area contributed by atoms with Crippen LogP contribution in [0.15, 0.2) is 6.07 Å². The maximum Gasteiger partial charge on any atom is 0.387 e. The summed E-state index contributed by atoms with van der Waals surface area (Å²) in [5.41, 5.74) is 0. The Kier molecular flexibility index (Phi) is 6.14. The van der Waals surface area contributed by atoms with Crippen LogP contribution in [0.2, 0.25) is 0 Å². The van der Waals surface area contributed by atoms with Crippen LogP contribution >= 0.6 is 11.3 Å². The summed E-state index contributed by atoms with van der Waals surface area (Å²) in [6.45, 7) is 1.54. The summed E-state index contributed by atoms with van der Waals surface area (Å²) in [6.07, 6.45) is 4.13. The molecule has 1 aromatic rings. The molecule has 4 nitrogen and oxygen atoms in total. The van der Waals surface area contributed by atoms with Gasteiger partial charge in [-0.05, 0) is 45.6 Å². The number of hydrogen-bond acceptors (Lipinski definition) is 4. The van der Waals surface area contributed by atoms with Crippen molar-refractivity contribution in [2.24, 2.45) is 0 Å². The number of ether oxygens (including phenoxy) is 2. The minimum atomic E-state index is -2.93. The van der Waals surface area contributed by atoms with Crippen LogP contribution in [0.1, 0.15) is 47.2 Å². The fourth-order valence-corrected chi connectivity index (χ4v) is 3.35. The monoisotopic (exact) mass is 333 g/mol.